The minimum atomic E-state index is -0.0178. The lowest BCUT2D eigenvalue weighted by molar-refractivity contribution is -0.117. The molecule has 1 aliphatic carbocycles. The zero-order valence-electron chi connectivity index (χ0n) is 10.4. The zero-order chi connectivity index (χ0) is 13.1. The fourth-order valence-electron chi connectivity index (χ4n) is 2.34. The summed E-state index contributed by atoms with van der Waals surface area (Å²) in [6.07, 6.45) is 3.65. The van der Waals surface area contributed by atoms with Crippen LogP contribution in [0.25, 0.3) is 0 Å². The van der Waals surface area contributed by atoms with Gasteiger partial charge in [0.05, 0.1) is 10.0 Å². The highest BCUT2D eigenvalue weighted by molar-refractivity contribution is 6.42. The number of carbonyl (C=O) groups excluding carboxylic acids is 1. The van der Waals surface area contributed by atoms with Crippen molar-refractivity contribution in [2.75, 3.05) is 5.32 Å². The number of nitrogens with two attached hydrogens (primary N) is 1. The topological polar surface area (TPSA) is 55.1 Å². The first kappa shape index (κ1) is 16.6. The smallest absolute Gasteiger partial charge is 0.224 e. The van der Waals surface area contributed by atoms with Crippen LogP contribution < -0.4 is 11.1 Å². The number of hydrogen-bond acceptors (Lipinski definition) is 2. The van der Waals surface area contributed by atoms with Crippen LogP contribution in [0.1, 0.15) is 25.7 Å². The number of halogens is 3. The highest BCUT2D eigenvalue weighted by Crippen LogP contribution is 2.28. The number of amides is 1. The molecule has 0 unspecified atom stereocenters. The van der Waals surface area contributed by atoms with Crippen molar-refractivity contribution in [1.29, 1.82) is 0 Å². The van der Waals surface area contributed by atoms with Crippen LogP contribution in [0, 0.1) is 5.92 Å². The quantitative estimate of drug-likeness (QED) is 0.887. The zero-order valence-corrected chi connectivity index (χ0v) is 12.7. The largest absolute Gasteiger partial charge is 0.327 e. The van der Waals surface area contributed by atoms with E-state index in [-0.39, 0.29) is 24.4 Å². The molecule has 2 atom stereocenters. The van der Waals surface area contributed by atoms with Crippen molar-refractivity contribution in [2.24, 2.45) is 11.7 Å². The van der Waals surface area contributed by atoms with Crippen LogP contribution in [0.2, 0.25) is 10.0 Å². The molecule has 1 aromatic rings. The van der Waals surface area contributed by atoms with Crippen molar-refractivity contribution >= 4 is 47.2 Å². The van der Waals surface area contributed by atoms with E-state index in [9.17, 15) is 4.79 Å². The summed E-state index contributed by atoms with van der Waals surface area (Å²) in [5, 5.41) is 3.74. The Morgan fingerprint density at radius 1 is 1.32 bits per heavy atom. The molecule has 3 N–H and O–H groups in total. The summed E-state index contributed by atoms with van der Waals surface area (Å²) in [7, 11) is 0. The first-order valence-corrected chi connectivity index (χ1v) is 6.82. The normalized spacial score (nSPS) is 21.8. The second-order valence-electron chi connectivity index (χ2n) is 4.74. The van der Waals surface area contributed by atoms with Gasteiger partial charge in [0.2, 0.25) is 5.91 Å². The molecule has 1 aromatic carbocycles. The van der Waals surface area contributed by atoms with Crippen LogP contribution >= 0.6 is 35.6 Å². The Labute approximate surface area is 129 Å². The van der Waals surface area contributed by atoms with E-state index in [1.54, 1.807) is 18.2 Å². The Morgan fingerprint density at radius 2 is 2.05 bits per heavy atom. The third-order valence-corrected chi connectivity index (χ3v) is 4.11. The Balaban J connectivity index is 0.00000180. The number of hydrogen-bond donors (Lipinski definition) is 2. The van der Waals surface area contributed by atoms with Gasteiger partial charge in [-0.3, -0.25) is 4.79 Å². The van der Waals surface area contributed by atoms with Gasteiger partial charge in [-0.2, -0.15) is 0 Å². The second-order valence-corrected chi connectivity index (χ2v) is 5.55. The molecule has 106 valence electrons. The van der Waals surface area contributed by atoms with Gasteiger partial charge in [-0.25, -0.2) is 0 Å². The summed E-state index contributed by atoms with van der Waals surface area (Å²) < 4.78 is 0. The van der Waals surface area contributed by atoms with E-state index in [0.717, 1.165) is 19.3 Å². The van der Waals surface area contributed by atoms with Gasteiger partial charge in [0.25, 0.3) is 0 Å². The van der Waals surface area contributed by atoms with E-state index in [0.29, 0.717) is 28.1 Å². The van der Waals surface area contributed by atoms with Crippen molar-refractivity contribution in [3.8, 4) is 0 Å². The van der Waals surface area contributed by atoms with Crippen LogP contribution in [0.3, 0.4) is 0 Å². The van der Waals surface area contributed by atoms with Gasteiger partial charge >= 0.3 is 0 Å². The highest BCUT2D eigenvalue weighted by Gasteiger charge is 2.25. The lowest BCUT2D eigenvalue weighted by Gasteiger charge is -2.14. The lowest BCUT2D eigenvalue weighted by atomic mass is 10.00. The van der Waals surface area contributed by atoms with E-state index in [4.69, 9.17) is 28.9 Å². The Morgan fingerprint density at radius 3 is 2.63 bits per heavy atom. The second kappa shape index (κ2) is 7.34. The molecule has 0 aromatic heterocycles. The number of benzene rings is 1. The van der Waals surface area contributed by atoms with Gasteiger partial charge < -0.3 is 11.1 Å². The third kappa shape index (κ3) is 4.53. The molecule has 0 heterocycles. The molecule has 3 nitrogen and oxygen atoms in total. The molecule has 1 saturated carbocycles. The molecular weight excluding hydrogens is 307 g/mol. The number of carbonyl (C=O) groups is 1. The number of rotatable bonds is 3. The summed E-state index contributed by atoms with van der Waals surface area (Å²) in [5.41, 5.74) is 6.61. The monoisotopic (exact) mass is 322 g/mol. The van der Waals surface area contributed by atoms with Gasteiger partial charge in [-0.15, -0.1) is 12.4 Å². The minimum absolute atomic E-state index is 0. The van der Waals surface area contributed by atoms with Crippen LogP contribution in [0.4, 0.5) is 5.69 Å². The Bertz CT molecular complexity index is 454. The first-order valence-electron chi connectivity index (χ1n) is 6.07. The maximum Gasteiger partial charge on any atom is 0.224 e. The van der Waals surface area contributed by atoms with E-state index in [2.05, 4.69) is 5.32 Å². The van der Waals surface area contributed by atoms with E-state index >= 15 is 0 Å². The molecule has 0 saturated heterocycles. The summed E-state index contributed by atoms with van der Waals surface area (Å²) in [5.74, 6) is 0.281. The Kier molecular flexibility index (Phi) is 6.40. The van der Waals surface area contributed by atoms with Crippen molar-refractivity contribution in [1.82, 2.24) is 0 Å². The van der Waals surface area contributed by atoms with Crippen molar-refractivity contribution in [2.45, 2.75) is 31.7 Å². The molecule has 6 heteroatoms. The maximum atomic E-state index is 11.9. The third-order valence-electron chi connectivity index (χ3n) is 3.37. The standard InChI is InChI=1S/C13H16Cl2N2O.ClH/c14-10-5-4-9(7-11(10)15)17-13(18)6-8-2-1-3-12(8)16;/h4-5,7-8,12H,1-3,6,16H2,(H,17,18);1H/t8-,12+;/m0./s1. The molecule has 1 aliphatic rings. The van der Waals surface area contributed by atoms with Crippen LogP contribution in [0.5, 0.6) is 0 Å². The molecule has 1 amide bonds. The van der Waals surface area contributed by atoms with Crippen LogP contribution in [0.15, 0.2) is 18.2 Å². The fraction of sp³-hybridized carbons (Fsp3) is 0.462. The predicted molar refractivity (Wildman–Crippen MR) is 82.3 cm³/mol. The van der Waals surface area contributed by atoms with Crippen molar-refractivity contribution < 1.29 is 4.79 Å². The van der Waals surface area contributed by atoms with Crippen molar-refractivity contribution in [3.05, 3.63) is 28.2 Å². The summed E-state index contributed by atoms with van der Waals surface area (Å²) in [6.45, 7) is 0. The van der Waals surface area contributed by atoms with Gasteiger partial charge in [0.15, 0.2) is 0 Å². The van der Waals surface area contributed by atoms with Crippen molar-refractivity contribution in [3.63, 3.8) is 0 Å². The Hall–Kier alpha value is -0.480. The average molecular weight is 324 g/mol. The molecule has 2 rings (SSSR count). The minimum Gasteiger partial charge on any atom is -0.327 e. The van der Waals surface area contributed by atoms with Gasteiger partial charge in [0.1, 0.15) is 0 Å². The van der Waals surface area contributed by atoms with E-state index < -0.39 is 0 Å². The fourth-order valence-corrected chi connectivity index (χ4v) is 2.64. The molecule has 1 fully saturated rings. The first-order chi connectivity index (χ1) is 8.56. The SMILES string of the molecule is Cl.N[C@@H]1CCC[C@H]1CC(=O)Nc1ccc(Cl)c(Cl)c1. The lowest BCUT2D eigenvalue weighted by Crippen LogP contribution is -2.28. The molecule has 0 aliphatic heterocycles. The van der Waals surface area contributed by atoms with Gasteiger partial charge in [-0.05, 0) is 37.0 Å². The average Bonchev–Trinajstić information content (AvgIpc) is 2.70. The summed E-state index contributed by atoms with van der Waals surface area (Å²) in [6, 6.07) is 5.21. The van der Waals surface area contributed by atoms with E-state index in [1.807, 2.05) is 0 Å². The molecular formula is C13H17Cl3N2O. The highest BCUT2D eigenvalue weighted by atomic mass is 35.5. The number of anilines is 1. The number of nitrogens with one attached hydrogen (secondary N) is 1. The van der Waals surface area contributed by atoms with Gasteiger partial charge in [0, 0.05) is 18.2 Å². The molecule has 0 spiro atoms. The molecule has 0 radical (unpaired) electrons. The molecule has 0 bridgehead atoms. The van der Waals surface area contributed by atoms with E-state index in [1.165, 1.54) is 0 Å². The molecule has 19 heavy (non-hydrogen) atoms. The maximum absolute atomic E-state index is 11.9. The predicted octanol–water partition coefficient (Wildman–Crippen LogP) is 3.87. The summed E-state index contributed by atoms with van der Waals surface area (Å²) >= 11 is 11.7. The summed E-state index contributed by atoms with van der Waals surface area (Å²) in [4.78, 5) is 11.9. The van der Waals surface area contributed by atoms with Crippen LogP contribution in [-0.4, -0.2) is 11.9 Å². The van der Waals surface area contributed by atoms with Crippen LogP contribution in [-0.2, 0) is 4.79 Å². The van der Waals surface area contributed by atoms with Gasteiger partial charge in [-0.1, -0.05) is 29.6 Å².